The Hall–Kier alpha value is -0.290. The molecular formula is C34H69BrN2O6. The van der Waals surface area contributed by atoms with Crippen molar-refractivity contribution in [3.63, 3.8) is 0 Å². The van der Waals surface area contributed by atoms with E-state index in [2.05, 4.69) is 25.8 Å². The van der Waals surface area contributed by atoms with E-state index in [1.165, 1.54) is 108 Å². The molecule has 0 bridgehead atoms. The van der Waals surface area contributed by atoms with E-state index in [-0.39, 0.29) is 23.0 Å². The van der Waals surface area contributed by atoms with Crippen LogP contribution in [0.4, 0.5) is 0 Å². The number of piperazine rings is 1. The summed E-state index contributed by atoms with van der Waals surface area (Å²) in [7, 11) is 2.38. The topological polar surface area (TPSA) is 66.5 Å². The zero-order valence-corrected chi connectivity index (χ0v) is 30.0. The maximum absolute atomic E-state index is 12.1. The van der Waals surface area contributed by atoms with Gasteiger partial charge in [0.05, 0.1) is 79.4 Å². The van der Waals surface area contributed by atoms with Crippen LogP contribution in [0.25, 0.3) is 0 Å². The Labute approximate surface area is 276 Å². The summed E-state index contributed by atoms with van der Waals surface area (Å²) in [5.41, 5.74) is 0. The van der Waals surface area contributed by atoms with Crippen molar-refractivity contribution < 1.29 is 49.9 Å². The van der Waals surface area contributed by atoms with Crippen LogP contribution in [0.1, 0.15) is 110 Å². The van der Waals surface area contributed by atoms with Gasteiger partial charge in [-0.15, -0.1) is 0 Å². The van der Waals surface area contributed by atoms with Crippen molar-refractivity contribution in [3.8, 4) is 0 Å². The normalized spacial score (nSPS) is 15.0. The van der Waals surface area contributed by atoms with Gasteiger partial charge in [-0.3, -0.25) is 9.69 Å². The van der Waals surface area contributed by atoms with Crippen molar-refractivity contribution in [1.29, 1.82) is 0 Å². The molecule has 9 heteroatoms. The molecule has 1 aliphatic rings. The fourth-order valence-electron chi connectivity index (χ4n) is 5.35. The van der Waals surface area contributed by atoms with Crippen molar-refractivity contribution in [3.05, 3.63) is 0 Å². The summed E-state index contributed by atoms with van der Waals surface area (Å²) >= 11 is 0. The summed E-state index contributed by atoms with van der Waals surface area (Å²) < 4.78 is 28.7. The first kappa shape index (κ1) is 42.7. The molecule has 0 atom stereocenters. The summed E-state index contributed by atoms with van der Waals surface area (Å²) in [6.45, 7) is 16.0. The van der Waals surface area contributed by atoms with Crippen LogP contribution in [-0.2, 0) is 28.5 Å². The van der Waals surface area contributed by atoms with Crippen molar-refractivity contribution in [1.82, 2.24) is 4.90 Å². The van der Waals surface area contributed by atoms with E-state index in [0.29, 0.717) is 59.3 Å². The minimum absolute atomic E-state index is 0. The van der Waals surface area contributed by atoms with Gasteiger partial charge in [0.1, 0.15) is 6.61 Å². The Bertz CT molecular complexity index is 593. The lowest BCUT2D eigenvalue weighted by Gasteiger charge is -2.42. The molecule has 0 aromatic heterocycles. The molecule has 0 spiro atoms. The third-order valence-electron chi connectivity index (χ3n) is 8.34. The van der Waals surface area contributed by atoms with Gasteiger partial charge in [-0.25, -0.2) is 0 Å². The van der Waals surface area contributed by atoms with Crippen LogP contribution in [0, 0.1) is 0 Å². The average molecular weight is 682 g/mol. The van der Waals surface area contributed by atoms with E-state index in [1.54, 1.807) is 0 Å². The zero-order chi connectivity index (χ0) is 30.4. The molecule has 1 fully saturated rings. The third kappa shape index (κ3) is 27.7. The van der Waals surface area contributed by atoms with Crippen molar-refractivity contribution >= 4 is 5.97 Å². The average Bonchev–Trinajstić information content (AvgIpc) is 2.99. The van der Waals surface area contributed by atoms with Crippen LogP contribution in [0.3, 0.4) is 0 Å². The van der Waals surface area contributed by atoms with Crippen molar-refractivity contribution in [2.24, 2.45) is 0 Å². The van der Waals surface area contributed by atoms with E-state index in [1.807, 2.05) is 0 Å². The SMILES string of the molecule is CCCCCCCCCCCCOCCOCCOCCOCCOC(=O)CCN1CC[N+](C)(CCCCCC)CC1.[Br-]. The number of ether oxygens (including phenoxy) is 5. The molecule has 43 heavy (non-hydrogen) atoms. The first-order valence-corrected chi connectivity index (χ1v) is 17.6. The number of likely N-dealkylation sites (N-methyl/N-ethyl adjacent to an activating group) is 1. The number of unbranched alkanes of at least 4 members (excludes halogenated alkanes) is 12. The molecule has 0 aromatic carbocycles. The largest absolute Gasteiger partial charge is 1.00 e. The number of hydrogen-bond acceptors (Lipinski definition) is 7. The summed E-state index contributed by atoms with van der Waals surface area (Å²) in [6, 6.07) is 0. The van der Waals surface area contributed by atoms with Crippen LogP contribution in [0.15, 0.2) is 0 Å². The Balaban J connectivity index is 0.0000176. The number of carbonyl (C=O) groups excluding carboxylic acids is 1. The van der Waals surface area contributed by atoms with Crippen LogP contribution >= 0.6 is 0 Å². The number of nitrogens with zero attached hydrogens (tertiary/aromatic N) is 2. The van der Waals surface area contributed by atoms with Crippen LogP contribution < -0.4 is 17.0 Å². The van der Waals surface area contributed by atoms with E-state index in [4.69, 9.17) is 23.7 Å². The minimum Gasteiger partial charge on any atom is -1.00 e. The van der Waals surface area contributed by atoms with Gasteiger partial charge in [-0.1, -0.05) is 84.5 Å². The van der Waals surface area contributed by atoms with Gasteiger partial charge >= 0.3 is 5.97 Å². The van der Waals surface area contributed by atoms with Gasteiger partial charge < -0.3 is 45.1 Å². The fraction of sp³-hybridized carbons (Fsp3) is 0.971. The Kier molecular flexibility index (Phi) is 31.5. The Morgan fingerprint density at radius 3 is 1.51 bits per heavy atom. The quantitative estimate of drug-likeness (QED) is 0.0633. The van der Waals surface area contributed by atoms with Gasteiger partial charge in [-0.2, -0.15) is 0 Å². The van der Waals surface area contributed by atoms with Gasteiger partial charge in [0.15, 0.2) is 0 Å². The lowest BCUT2D eigenvalue weighted by atomic mass is 10.1. The summed E-state index contributed by atoms with van der Waals surface area (Å²) in [4.78, 5) is 14.5. The van der Waals surface area contributed by atoms with E-state index >= 15 is 0 Å². The van der Waals surface area contributed by atoms with E-state index < -0.39 is 0 Å². The highest BCUT2D eigenvalue weighted by Crippen LogP contribution is 2.14. The number of carbonyl (C=O) groups is 1. The van der Waals surface area contributed by atoms with Gasteiger partial charge in [-0.05, 0) is 19.3 Å². The first-order chi connectivity index (χ1) is 20.6. The highest BCUT2D eigenvalue weighted by atomic mass is 79.9. The van der Waals surface area contributed by atoms with Crippen LogP contribution in [0.2, 0.25) is 0 Å². The number of quaternary nitrogens is 1. The van der Waals surface area contributed by atoms with Gasteiger partial charge in [0.2, 0.25) is 0 Å². The zero-order valence-electron chi connectivity index (χ0n) is 28.4. The highest BCUT2D eigenvalue weighted by Gasteiger charge is 2.28. The van der Waals surface area contributed by atoms with E-state index in [9.17, 15) is 4.79 Å². The fourth-order valence-corrected chi connectivity index (χ4v) is 5.35. The first-order valence-electron chi connectivity index (χ1n) is 17.6. The molecule has 0 radical (unpaired) electrons. The van der Waals surface area contributed by atoms with Crippen LogP contribution in [-0.4, -0.2) is 121 Å². The minimum atomic E-state index is -0.137. The molecule has 0 saturated carbocycles. The van der Waals surface area contributed by atoms with E-state index in [0.717, 1.165) is 32.7 Å². The molecule has 1 saturated heterocycles. The molecule has 1 aliphatic heterocycles. The maximum atomic E-state index is 12.1. The second kappa shape index (κ2) is 31.7. The van der Waals surface area contributed by atoms with Gasteiger partial charge in [0.25, 0.3) is 0 Å². The standard InChI is InChI=1S/C34H69N2O6.BrH/c1-4-6-8-10-11-12-13-14-15-17-25-38-26-27-39-28-29-40-30-31-41-32-33-42-34(37)18-19-35-20-23-36(3,24-21-35)22-16-9-7-5-2;/h4-33H2,1-3H3;1H/q+1;/p-1. The highest BCUT2D eigenvalue weighted by molar-refractivity contribution is 5.69. The summed E-state index contributed by atoms with van der Waals surface area (Å²) in [6.07, 6.45) is 19.2. The Morgan fingerprint density at radius 1 is 0.581 bits per heavy atom. The molecule has 0 aliphatic carbocycles. The molecule has 8 nitrogen and oxygen atoms in total. The molecule has 0 amide bonds. The number of hydrogen-bond donors (Lipinski definition) is 0. The van der Waals surface area contributed by atoms with Crippen LogP contribution in [0.5, 0.6) is 0 Å². The monoisotopic (exact) mass is 680 g/mol. The van der Waals surface area contributed by atoms with Crippen molar-refractivity contribution in [2.45, 2.75) is 110 Å². The molecule has 0 N–H and O–H groups in total. The molecule has 0 aromatic rings. The summed E-state index contributed by atoms with van der Waals surface area (Å²) in [5, 5.41) is 0. The smallest absolute Gasteiger partial charge is 0.307 e. The maximum Gasteiger partial charge on any atom is 0.307 e. The molecule has 1 rings (SSSR count). The lowest BCUT2D eigenvalue weighted by molar-refractivity contribution is -0.913. The molecular weight excluding hydrogens is 612 g/mol. The predicted octanol–water partition coefficient (Wildman–Crippen LogP) is 3.25. The molecule has 258 valence electrons. The van der Waals surface area contributed by atoms with Crippen molar-refractivity contribution in [2.75, 3.05) is 106 Å². The number of esters is 1. The lowest BCUT2D eigenvalue weighted by Crippen LogP contribution is -3.00. The number of halogens is 1. The van der Waals surface area contributed by atoms with Gasteiger partial charge in [0, 0.05) is 26.2 Å². The second-order valence-corrected chi connectivity index (χ2v) is 12.3. The number of rotatable bonds is 31. The molecule has 1 heterocycles. The summed E-state index contributed by atoms with van der Waals surface area (Å²) in [5.74, 6) is -0.137. The predicted molar refractivity (Wildman–Crippen MR) is 172 cm³/mol. The Morgan fingerprint density at radius 2 is 1.00 bits per heavy atom. The third-order valence-corrected chi connectivity index (χ3v) is 8.34. The molecule has 0 unspecified atom stereocenters. The second-order valence-electron chi connectivity index (χ2n) is 12.3.